The first kappa shape index (κ1) is 24.5. The highest BCUT2D eigenvalue weighted by Crippen LogP contribution is 2.39. The number of aliphatic hydroxyl groups is 1. The van der Waals surface area contributed by atoms with Crippen LogP contribution in [0.5, 0.6) is 0 Å². The number of hydrogen-bond acceptors (Lipinski definition) is 4. The van der Waals surface area contributed by atoms with Crippen molar-refractivity contribution in [1.82, 2.24) is 15.3 Å². The number of halogens is 5. The van der Waals surface area contributed by atoms with Gasteiger partial charge < -0.3 is 10.4 Å². The molecule has 1 heterocycles. The van der Waals surface area contributed by atoms with E-state index in [9.17, 15) is 23.1 Å². The van der Waals surface area contributed by atoms with Gasteiger partial charge in [0, 0.05) is 29.9 Å². The summed E-state index contributed by atoms with van der Waals surface area (Å²) >= 11 is 12.5. The average Bonchev–Trinajstić information content (AvgIpc) is 2.79. The molecule has 0 saturated carbocycles. The van der Waals surface area contributed by atoms with Gasteiger partial charge in [0.2, 0.25) is 0 Å². The summed E-state index contributed by atoms with van der Waals surface area (Å²) in [7, 11) is 0. The van der Waals surface area contributed by atoms with Gasteiger partial charge in [0.1, 0.15) is 28.8 Å². The Hall–Kier alpha value is -3.62. The van der Waals surface area contributed by atoms with E-state index in [1.54, 1.807) is 12.1 Å². The van der Waals surface area contributed by atoms with Crippen molar-refractivity contribution in [3.63, 3.8) is 0 Å². The fraction of sp³-hybridized carbons (Fsp3) is 0.0800. The van der Waals surface area contributed by atoms with E-state index >= 15 is 0 Å². The molecule has 0 saturated heterocycles. The van der Waals surface area contributed by atoms with Gasteiger partial charge in [-0.05, 0) is 29.8 Å². The first-order chi connectivity index (χ1) is 16.7. The number of aromatic nitrogens is 2. The molecule has 0 bridgehead atoms. The normalized spacial score (nSPS) is 11.9. The lowest BCUT2D eigenvalue weighted by Gasteiger charge is -2.19. The molecule has 0 aliphatic carbocycles. The topological polar surface area (TPSA) is 75.1 Å². The van der Waals surface area contributed by atoms with Gasteiger partial charge in [-0.1, -0.05) is 48.0 Å². The van der Waals surface area contributed by atoms with Crippen molar-refractivity contribution < 1.29 is 23.1 Å². The summed E-state index contributed by atoms with van der Waals surface area (Å²) in [4.78, 5) is 21.3. The van der Waals surface area contributed by atoms with Crippen LogP contribution in [0.1, 0.15) is 15.9 Å². The number of nitrogens with zero attached hydrogens (tertiary/aromatic N) is 2. The lowest BCUT2D eigenvalue weighted by molar-refractivity contribution is 0.0925. The van der Waals surface area contributed by atoms with E-state index in [-0.39, 0.29) is 16.5 Å². The molecule has 5 nitrogen and oxygen atoms in total. The Kier molecular flexibility index (Phi) is 6.95. The van der Waals surface area contributed by atoms with Gasteiger partial charge in [0.25, 0.3) is 5.91 Å². The first-order valence-electron chi connectivity index (χ1n) is 10.2. The number of fused-ring (bicyclic) bond motifs is 1. The van der Waals surface area contributed by atoms with Crippen LogP contribution in [0.3, 0.4) is 0 Å². The van der Waals surface area contributed by atoms with Gasteiger partial charge in [-0.3, -0.25) is 14.8 Å². The highest BCUT2D eigenvalue weighted by Gasteiger charge is 2.24. The highest BCUT2D eigenvalue weighted by atomic mass is 35.5. The fourth-order valence-corrected chi connectivity index (χ4v) is 4.36. The van der Waals surface area contributed by atoms with Crippen molar-refractivity contribution in [2.45, 2.75) is 12.5 Å². The Bertz CT molecular complexity index is 1440. The van der Waals surface area contributed by atoms with E-state index in [4.69, 9.17) is 23.2 Å². The highest BCUT2D eigenvalue weighted by molar-refractivity contribution is 6.39. The van der Waals surface area contributed by atoms with Crippen LogP contribution in [-0.4, -0.2) is 27.0 Å². The van der Waals surface area contributed by atoms with Crippen LogP contribution in [0.2, 0.25) is 10.0 Å². The molecule has 4 rings (SSSR count). The third-order valence-corrected chi connectivity index (χ3v) is 5.90. The minimum atomic E-state index is -1.10. The zero-order chi connectivity index (χ0) is 25.3. The Labute approximate surface area is 207 Å². The zero-order valence-corrected chi connectivity index (χ0v) is 19.3. The van der Waals surface area contributed by atoms with E-state index in [0.29, 0.717) is 27.7 Å². The fourth-order valence-electron chi connectivity index (χ4n) is 3.70. The van der Waals surface area contributed by atoms with Crippen LogP contribution < -0.4 is 5.32 Å². The van der Waals surface area contributed by atoms with Crippen molar-refractivity contribution in [3.05, 3.63) is 106 Å². The summed E-state index contributed by atoms with van der Waals surface area (Å²) in [6.07, 6.45) is 2.86. The number of rotatable bonds is 6. The van der Waals surface area contributed by atoms with Gasteiger partial charge in [-0.15, -0.1) is 0 Å². The van der Waals surface area contributed by atoms with Gasteiger partial charge in [-0.2, -0.15) is 0 Å². The molecule has 0 fully saturated rings. The van der Waals surface area contributed by atoms with Gasteiger partial charge >= 0.3 is 0 Å². The van der Waals surface area contributed by atoms with Crippen LogP contribution in [0.4, 0.5) is 13.2 Å². The molecule has 1 amide bonds. The van der Waals surface area contributed by atoms with Crippen molar-refractivity contribution in [1.29, 1.82) is 0 Å². The van der Waals surface area contributed by atoms with E-state index in [1.165, 1.54) is 12.4 Å². The summed E-state index contributed by atoms with van der Waals surface area (Å²) < 4.78 is 41.8. The van der Waals surface area contributed by atoms with E-state index in [1.807, 2.05) is 0 Å². The SMILES string of the molecule is C=C(O)[C@H](Cc1ccc(-c2c(Cl)cc(F)cc2Cl)c2nccnc12)NC(=O)c1c(F)cccc1F. The summed E-state index contributed by atoms with van der Waals surface area (Å²) in [5.74, 6) is -4.17. The van der Waals surface area contributed by atoms with Crippen LogP contribution in [-0.2, 0) is 6.42 Å². The molecule has 35 heavy (non-hydrogen) atoms. The van der Waals surface area contributed by atoms with E-state index in [0.717, 1.165) is 30.3 Å². The minimum Gasteiger partial charge on any atom is -0.511 e. The first-order valence-corrected chi connectivity index (χ1v) is 10.9. The number of amides is 1. The van der Waals surface area contributed by atoms with Crippen molar-refractivity contribution in [3.8, 4) is 11.1 Å². The quantitative estimate of drug-likeness (QED) is 0.289. The summed E-state index contributed by atoms with van der Waals surface area (Å²) in [6.45, 7) is 3.47. The molecule has 0 aliphatic rings. The second-order valence-electron chi connectivity index (χ2n) is 7.59. The molecule has 4 aromatic rings. The van der Waals surface area contributed by atoms with Gasteiger partial charge in [0.05, 0.1) is 27.1 Å². The smallest absolute Gasteiger partial charge is 0.257 e. The second-order valence-corrected chi connectivity index (χ2v) is 8.40. The van der Waals surface area contributed by atoms with Crippen LogP contribution in [0, 0.1) is 17.5 Å². The Balaban J connectivity index is 1.73. The van der Waals surface area contributed by atoms with Crippen LogP contribution >= 0.6 is 23.2 Å². The predicted octanol–water partition coefficient (Wildman–Crippen LogP) is 6.43. The maximum absolute atomic E-state index is 14.0. The molecule has 0 aliphatic heterocycles. The molecule has 178 valence electrons. The van der Waals surface area contributed by atoms with Crippen molar-refractivity contribution in [2.75, 3.05) is 0 Å². The Morgan fingerprint density at radius 1 is 1.00 bits per heavy atom. The third kappa shape index (κ3) is 4.94. The summed E-state index contributed by atoms with van der Waals surface area (Å²) in [5.41, 5.74) is 1.37. The number of hydrogen-bond donors (Lipinski definition) is 2. The number of carbonyl (C=O) groups excluding carboxylic acids is 1. The lowest BCUT2D eigenvalue weighted by atomic mass is 9.97. The molecule has 1 atom stereocenters. The summed E-state index contributed by atoms with van der Waals surface area (Å²) in [5, 5.41) is 12.7. The number of benzene rings is 3. The number of aliphatic hydroxyl groups excluding tert-OH is 1. The third-order valence-electron chi connectivity index (χ3n) is 5.31. The molecule has 0 unspecified atom stereocenters. The molecule has 0 spiro atoms. The van der Waals surface area contributed by atoms with Crippen molar-refractivity contribution >= 4 is 40.1 Å². The van der Waals surface area contributed by atoms with E-state index < -0.39 is 40.7 Å². The molecule has 3 aromatic carbocycles. The molecule has 10 heteroatoms. The number of carbonyl (C=O) groups is 1. The minimum absolute atomic E-state index is 0.0303. The molecular formula is C25H16Cl2F3N3O2. The Morgan fingerprint density at radius 2 is 1.60 bits per heavy atom. The monoisotopic (exact) mass is 517 g/mol. The van der Waals surface area contributed by atoms with Crippen LogP contribution in [0.25, 0.3) is 22.2 Å². The zero-order valence-electron chi connectivity index (χ0n) is 17.8. The second kappa shape index (κ2) is 9.93. The van der Waals surface area contributed by atoms with Gasteiger partial charge in [-0.25, -0.2) is 13.2 Å². The number of nitrogens with one attached hydrogen (secondary N) is 1. The molecule has 0 radical (unpaired) electrons. The van der Waals surface area contributed by atoms with Crippen LogP contribution in [0.15, 0.2) is 67.2 Å². The van der Waals surface area contributed by atoms with Gasteiger partial charge in [0.15, 0.2) is 0 Å². The largest absolute Gasteiger partial charge is 0.511 e. The molecule has 1 aromatic heterocycles. The molecular weight excluding hydrogens is 502 g/mol. The van der Waals surface area contributed by atoms with E-state index in [2.05, 4.69) is 21.9 Å². The maximum atomic E-state index is 14.0. The lowest BCUT2D eigenvalue weighted by Crippen LogP contribution is -2.38. The average molecular weight is 518 g/mol. The summed E-state index contributed by atoms with van der Waals surface area (Å²) in [6, 6.07) is 7.49. The Morgan fingerprint density at radius 3 is 2.20 bits per heavy atom. The van der Waals surface area contributed by atoms with Crippen molar-refractivity contribution in [2.24, 2.45) is 0 Å². The molecule has 2 N–H and O–H groups in total. The predicted molar refractivity (Wildman–Crippen MR) is 128 cm³/mol. The maximum Gasteiger partial charge on any atom is 0.257 e. The standard InChI is InChI=1S/C25H16Cl2F3N3O2/c1-12(34)20(33-25(35)22-18(29)3-2-4-19(22)30)9-13-5-6-15(24-23(13)31-7-8-32-24)21-16(26)10-14(28)11-17(21)27/h2-8,10-11,20,34H,1,9H2,(H,33,35)/t20-/m0/s1.